The van der Waals surface area contributed by atoms with E-state index in [9.17, 15) is 13.2 Å². The van der Waals surface area contributed by atoms with E-state index in [1.54, 1.807) is 12.1 Å². The van der Waals surface area contributed by atoms with Crippen LogP contribution in [0.5, 0.6) is 0 Å². The summed E-state index contributed by atoms with van der Waals surface area (Å²) in [5.74, 6) is -0.0798. The van der Waals surface area contributed by atoms with Crippen LogP contribution in [-0.4, -0.2) is 27.4 Å². The molecule has 4 N–H and O–H groups in total. The van der Waals surface area contributed by atoms with Gasteiger partial charge in [0.1, 0.15) is 0 Å². The molecule has 0 spiro atoms. The van der Waals surface area contributed by atoms with Gasteiger partial charge in [-0.2, -0.15) is 0 Å². The minimum Gasteiger partial charge on any atom is -0.326 e. The number of sulfonamides is 1. The minimum absolute atomic E-state index is 0.00684. The van der Waals surface area contributed by atoms with Gasteiger partial charge in [0, 0.05) is 12.2 Å². The Morgan fingerprint density at radius 1 is 1.48 bits per heavy atom. The van der Waals surface area contributed by atoms with Crippen molar-refractivity contribution in [3.05, 3.63) is 24.3 Å². The number of anilines is 1. The zero-order valence-electron chi connectivity index (χ0n) is 12.1. The normalized spacial score (nSPS) is 22.8. The third kappa shape index (κ3) is 3.61. The fraction of sp³-hybridized carbons (Fsp3) is 0.500. The molecule has 1 aromatic rings. The Morgan fingerprint density at radius 2 is 2.24 bits per heavy atom. The zero-order chi connectivity index (χ0) is 15.5. The van der Waals surface area contributed by atoms with Gasteiger partial charge >= 0.3 is 0 Å². The number of rotatable bonds is 4. The van der Waals surface area contributed by atoms with E-state index in [0.717, 1.165) is 25.8 Å². The molecule has 1 amide bonds. The maximum absolute atomic E-state index is 12.5. The van der Waals surface area contributed by atoms with Gasteiger partial charge in [0.05, 0.1) is 10.3 Å². The number of hydrogen-bond acceptors (Lipinski definition) is 4. The second-order valence-electron chi connectivity index (χ2n) is 5.44. The van der Waals surface area contributed by atoms with Gasteiger partial charge in [-0.25, -0.2) is 13.6 Å². The molecule has 21 heavy (non-hydrogen) atoms. The summed E-state index contributed by atoms with van der Waals surface area (Å²) in [5.41, 5.74) is 0.0143. The van der Waals surface area contributed by atoms with E-state index in [1.165, 1.54) is 12.1 Å². The van der Waals surface area contributed by atoms with Gasteiger partial charge < -0.3 is 10.6 Å². The molecule has 1 heterocycles. The number of amides is 1. The fourth-order valence-corrected chi connectivity index (χ4v) is 3.20. The summed E-state index contributed by atoms with van der Waals surface area (Å²) in [6.07, 6.45) is 2.52. The standard InChI is InChI=1S/C14H21N3O3S/c1-2-14(7-4-8-16-10-14)13(18)17-11-5-3-6-12(9-11)21(15,19)20/h3,5-6,9,16H,2,4,7-8,10H2,1H3,(H,17,18)(H2,15,19,20). The number of carbonyl (C=O) groups is 1. The molecule has 0 saturated carbocycles. The van der Waals surface area contributed by atoms with Gasteiger partial charge in [-0.3, -0.25) is 4.79 Å². The van der Waals surface area contributed by atoms with Gasteiger partial charge in [-0.05, 0) is 44.0 Å². The van der Waals surface area contributed by atoms with Crippen molar-refractivity contribution < 1.29 is 13.2 Å². The summed E-state index contributed by atoms with van der Waals surface area (Å²) >= 11 is 0. The Hall–Kier alpha value is -1.44. The summed E-state index contributed by atoms with van der Waals surface area (Å²) in [5, 5.41) is 11.2. The summed E-state index contributed by atoms with van der Waals surface area (Å²) in [6.45, 7) is 3.56. The molecule has 1 aliphatic heterocycles. The van der Waals surface area contributed by atoms with Gasteiger partial charge in [0.2, 0.25) is 15.9 Å². The third-order valence-corrected chi connectivity index (χ3v) is 4.96. The molecule has 7 heteroatoms. The Kier molecular flexibility index (Phi) is 4.65. The Balaban J connectivity index is 2.19. The first kappa shape index (κ1) is 15.9. The molecule has 1 aromatic carbocycles. The number of benzene rings is 1. The average Bonchev–Trinajstić information content (AvgIpc) is 2.47. The van der Waals surface area contributed by atoms with Crippen molar-refractivity contribution in [3.63, 3.8) is 0 Å². The van der Waals surface area contributed by atoms with E-state index >= 15 is 0 Å². The van der Waals surface area contributed by atoms with E-state index in [4.69, 9.17) is 5.14 Å². The lowest BCUT2D eigenvalue weighted by Gasteiger charge is -2.35. The molecular formula is C14H21N3O3S. The van der Waals surface area contributed by atoms with Crippen molar-refractivity contribution >= 4 is 21.6 Å². The van der Waals surface area contributed by atoms with Crippen LogP contribution in [0, 0.1) is 5.41 Å². The van der Waals surface area contributed by atoms with Crippen LogP contribution in [0.15, 0.2) is 29.2 Å². The smallest absolute Gasteiger partial charge is 0.238 e. The van der Waals surface area contributed by atoms with Crippen molar-refractivity contribution in [3.8, 4) is 0 Å². The molecule has 6 nitrogen and oxygen atoms in total. The predicted octanol–water partition coefficient (Wildman–Crippen LogP) is 1.05. The van der Waals surface area contributed by atoms with E-state index in [1.807, 2.05) is 6.92 Å². The first-order chi connectivity index (χ1) is 9.87. The predicted molar refractivity (Wildman–Crippen MR) is 81.3 cm³/mol. The number of carbonyl (C=O) groups excluding carboxylic acids is 1. The first-order valence-corrected chi connectivity index (χ1v) is 8.57. The van der Waals surface area contributed by atoms with Gasteiger partial charge in [0.25, 0.3) is 0 Å². The number of nitrogens with two attached hydrogens (primary N) is 1. The van der Waals surface area contributed by atoms with E-state index < -0.39 is 15.4 Å². The molecule has 1 atom stereocenters. The third-order valence-electron chi connectivity index (χ3n) is 4.05. The maximum Gasteiger partial charge on any atom is 0.238 e. The number of nitrogens with one attached hydrogen (secondary N) is 2. The van der Waals surface area contributed by atoms with Crippen molar-refractivity contribution in [2.45, 2.75) is 31.1 Å². The van der Waals surface area contributed by atoms with Crippen LogP contribution >= 0.6 is 0 Å². The molecule has 1 saturated heterocycles. The number of primary sulfonamides is 1. The van der Waals surface area contributed by atoms with Crippen molar-refractivity contribution in [1.29, 1.82) is 0 Å². The lowest BCUT2D eigenvalue weighted by molar-refractivity contribution is -0.126. The summed E-state index contributed by atoms with van der Waals surface area (Å²) < 4.78 is 22.7. The highest BCUT2D eigenvalue weighted by atomic mass is 32.2. The minimum atomic E-state index is -3.77. The van der Waals surface area contributed by atoms with Crippen molar-refractivity contribution in [2.24, 2.45) is 10.6 Å². The quantitative estimate of drug-likeness (QED) is 0.773. The molecule has 1 unspecified atom stereocenters. The summed E-state index contributed by atoms with van der Waals surface area (Å²) in [7, 11) is -3.77. The first-order valence-electron chi connectivity index (χ1n) is 7.02. The van der Waals surface area contributed by atoms with Crippen LogP contribution in [0.4, 0.5) is 5.69 Å². The highest BCUT2D eigenvalue weighted by molar-refractivity contribution is 7.89. The Labute approximate surface area is 125 Å². The number of piperidine rings is 1. The topological polar surface area (TPSA) is 101 Å². The van der Waals surface area contributed by atoms with Crippen LogP contribution in [0.1, 0.15) is 26.2 Å². The summed E-state index contributed by atoms with van der Waals surface area (Å²) in [4.78, 5) is 12.5. The molecule has 0 bridgehead atoms. The van der Waals surface area contributed by atoms with E-state index in [0.29, 0.717) is 12.2 Å². The SMILES string of the molecule is CCC1(C(=O)Nc2cccc(S(N)(=O)=O)c2)CCCNC1. The molecule has 0 radical (unpaired) electrons. The highest BCUT2D eigenvalue weighted by Gasteiger charge is 2.37. The van der Waals surface area contributed by atoms with Gasteiger partial charge in [-0.15, -0.1) is 0 Å². The van der Waals surface area contributed by atoms with Crippen LogP contribution < -0.4 is 15.8 Å². The molecule has 0 aromatic heterocycles. The summed E-state index contributed by atoms with van der Waals surface area (Å²) in [6, 6.07) is 6.01. The van der Waals surface area contributed by atoms with Crippen molar-refractivity contribution in [2.75, 3.05) is 18.4 Å². The second kappa shape index (κ2) is 6.13. The molecular weight excluding hydrogens is 290 g/mol. The molecule has 1 aliphatic rings. The molecule has 116 valence electrons. The van der Waals surface area contributed by atoms with Gasteiger partial charge in [-0.1, -0.05) is 13.0 Å². The highest BCUT2D eigenvalue weighted by Crippen LogP contribution is 2.31. The van der Waals surface area contributed by atoms with Crippen LogP contribution in [-0.2, 0) is 14.8 Å². The average molecular weight is 311 g/mol. The van der Waals surface area contributed by atoms with Crippen LogP contribution in [0.3, 0.4) is 0 Å². The maximum atomic E-state index is 12.5. The lowest BCUT2D eigenvalue weighted by atomic mass is 9.77. The monoisotopic (exact) mass is 311 g/mol. The second-order valence-corrected chi connectivity index (χ2v) is 7.00. The largest absolute Gasteiger partial charge is 0.326 e. The fourth-order valence-electron chi connectivity index (χ4n) is 2.64. The van der Waals surface area contributed by atoms with E-state index in [2.05, 4.69) is 10.6 Å². The Morgan fingerprint density at radius 3 is 2.81 bits per heavy atom. The molecule has 1 fully saturated rings. The number of hydrogen-bond donors (Lipinski definition) is 3. The van der Waals surface area contributed by atoms with Crippen LogP contribution in [0.25, 0.3) is 0 Å². The zero-order valence-corrected chi connectivity index (χ0v) is 12.9. The van der Waals surface area contributed by atoms with Crippen LogP contribution in [0.2, 0.25) is 0 Å². The molecule has 2 rings (SSSR count). The molecule has 0 aliphatic carbocycles. The van der Waals surface area contributed by atoms with E-state index in [-0.39, 0.29) is 10.8 Å². The lowest BCUT2D eigenvalue weighted by Crippen LogP contribution is -2.47. The van der Waals surface area contributed by atoms with Gasteiger partial charge in [0.15, 0.2) is 0 Å². The Bertz CT molecular complexity index is 622. The van der Waals surface area contributed by atoms with Crippen molar-refractivity contribution in [1.82, 2.24) is 5.32 Å².